The standard InChI is InChI=1S/C54H106O3/c1-5-7-9-11-12-13-14-15-16-20-23-26-32-37-43-49-53(55)52(54(56)57)48-42-36-31-27-30-35-41-47-51(45-39-10-8-6-2)46-40-34-29-25-22-19-17-18-21-24-28-33-38-44-50(3)4/h50-52H,5-49H2,1-4H3,(H,56,57). The molecule has 0 rings (SSSR count). The van der Waals surface area contributed by atoms with E-state index in [1.165, 1.54) is 250 Å². The van der Waals surface area contributed by atoms with Gasteiger partial charge >= 0.3 is 5.97 Å². The van der Waals surface area contributed by atoms with Gasteiger partial charge in [0.25, 0.3) is 0 Å². The Kier molecular flexibility index (Phi) is 45.5. The molecule has 0 aromatic rings. The number of hydrogen-bond acceptors (Lipinski definition) is 2. The summed E-state index contributed by atoms with van der Waals surface area (Å²) in [6.07, 6.45) is 59.1. The lowest BCUT2D eigenvalue weighted by atomic mass is 9.89. The first-order valence-electron chi connectivity index (χ1n) is 26.7. The Morgan fingerprint density at radius 3 is 0.877 bits per heavy atom. The van der Waals surface area contributed by atoms with Crippen LogP contribution in [0.1, 0.15) is 317 Å². The summed E-state index contributed by atoms with van der Waals surface area (Å²) in [5.74, 6) is 0.107. The molecule has 0 saturated carbocycles. The van der Waals surface area contributed by atoms with Crippen LogP contribution in [0.3, 0.4) is 0 Å². The van der Waals surface area contributed by atoms with Crippen molar-refractivity contribution in [2.24, 2.45) is 17.8 Å². The van der Waals surface area contributed by atoms with Gasteiger partial charge < -0.3 is 5.11 Å². The summed E-state index contributed by atoms with van der Waals surface area (Å²) in [5, 5.41) is 9.74. The summed E-state index contributed by atoms with van der Waals surface area (Å²) in [6, 6.07) is 0. The average Bonchev–Trinajstić information content (AvgIpc) is 3.19. The van der Waals surface area contributed by atoms with Crippen LogP contribution < -0.4 is 0 Å². The molecule has 1 N–H and O–H groups in total. The summed E-state index contributed by atoms with van der Waals surface area (Å²) < 4.78 is 0. The van der Waals surface area contributed by atoms with E-state index in [-0.39, 0.29) is 5.78 Å². The molecular weight excluding hydrogens is 697 g/mol. The number of rotatable bonds is 49. The van der Waals surface area contributed by atoms with Crippen LogP contribution in [0, 0.1) is 17.8 Å². The van der Waals surface area contributed by atoms with Crippen LogP contribution in [0.4, 0.5) is 0 Å². The fourth-order valence-electron chi connectivity index (χ4n) is 9.16. The molecule has 0 aliphatic rings. The van der Waals surface area contributed by atoms with Crippen LogP contribution in [0.5, 0.6) is 0 Å². The minimum Gasteiger partial charge on any atom is -0.481 e. The largest absolute Gasteiger partial charge is 0.481 e. The van der Waals surface area contributed by atoms with Gasteiger partial charge in [0.1, 0.15) is 11.7 Å². The average molecular weight is 803 g/mol. The zero-order valence-corrected chi connectivity index (χ0v) is 39.8. The molecule has 0 fully saturated rings. The number of aliphatic carboxylic acids is 1. The monoisotopic (exact) mass is 803 g/mol. The maximum atomic E-state index is 12.7. The molecule has 0 aromatic carbocycles. The van der Waals surface area contributed by atoms with Crippen LogP contribution in [0.2, 0.25) is 0 Å². The molecule has 0 heterocycles. The molecule has 0 amide bonds. The first-order valence-corrected chi connectivity index (χ1v) is 26.7. The minimum atomic E-state index is -0.899. The van der Waals surface area contributed by atoms with E-state index in [9.17, 15) is 14.7 Å². The lowest BCUT2D eigenvalue weighted by Gasteiger charge is -2.17. The Labute approximate surface area is 359 Å². The molecule has 0 aliphatic heterocycles. The predicted molar refractivity (Wildman–Crippen MR) is 254 cm³/mol. The van der Waals surface area contributed by atoms with E-state index in [0.717, 1.165) is 37.5 Å². The molecule has 340 valence electrons. The van der Waals surface area contributed by atoms with E-state index >= 15 is 0 Å². The second-order valence-corrected chi connectivity index (χ2v) is 19.4. The van der Waals surface area contributed by atoms with Crippen LogP contribution in [-0.2, 0) is 9.59 Å². The molecular formula is C54H106O3. The fourth-order valence-corrected chi connectivity index (χ4v) is 9.16. The van der Waals surface area contributed by atoms with Gasteiger partial charge in [0, 0.05) is 6.42 Å². The van der Waals surface area contributed by atoms with E-state index < -0.39 is 11.9 Å². The maximum absolute atomic E-state index is 12.7. The van der Waals surface area contributed by atoms with Crippen molar-refractivity contribution in [2.45, 2.75) is 317 Å². The van der Waals surface area contributed by atoms with E-state index in [0.29, 0.717) is 12.8 Å². The number of unbranched alkanes of at least 4 members (excludes halogenated alkanes) is 35. The second kappa shape index (κ2) is 46.2. The SMILES string of the molecule is CCCCCCCCCCCCCCCCCC(=O)C(CCCCCCCCCC(CCCCCC)CCCCCCCCCCCCCCCC(C)C)C(=O)O. The summed E-state index contributed by atoms with van der Waals surface area (Å²) in [5.41, 5.74) is 0. The van der Waals surface area contributed by atoms with Gasteiger partial charge in [0.2, 0.25) is 0 Å². The Balaban J connectivity index is 3.87. The van der Waals surface area contributed by atoms with Gasteiger partial charge in [0.05, 0.1) is 0 Å². The number of ketones is 1. The van der Waals surface area contributed by atoms with Crippen LogP contribution in [-0.4, -0.2) is 16.9 Å². The van der Waals surface area contributed by atoms with Crippen LogP contribution in [0.15, 0.2) is 0 Å². The number of Topliss-reactive ketones (excluding diaryl/α,β-unsaturated/α-hetero) is 1. The number of hydrogen-bond donors (Lipinski definition) is 1. The topological polar surface area (TPSA) is 54.4 Å². The number of carbonyl (C=O) groups is 2. The van der Waals surface area contributed by atoms with Crippen molar-refractivity contribution < 1.29 is 14.7 Å². The van der Waals surface area contributed by atoms with Crippen molar-refractivity contribution in [2.75, 3.05) is 0 Å². The van der Waals surface area contributed by atoms with Crippen molar-refractivity contribution in [1.29, 1.82) is 0 Å². The highest BCUT2D eigenvalue weighted by atomic mass is 16.4. The molecule has 2 atom stereocenters. The van der Waals surface area contributed by atoms with E-state index in [1.807, 2.05) is 0 Å². The number of carboxylic acids is 1. The zero-order valence-electron chi connectivity index (χ0n) is 39.8. The van der Waals surface area contributed by atoms with Gasteiger partial charge in [-0.15, -0.1) is 0 Å². The van der Waals surface area contributed by atoms with Crippen molar-refractivity contribution in [3.05, 3.63) is 0 Å². The van der Waals surface area contributed by atoms with Crippen molar-refractivity contribution in [3.63, 3.8) is 0 Å². The van der Waals surface area contributed by atoms with Gasteiger partial charge in [-0.25, -0.2) is 0 Å². The normalized spacial score (nSPS) is 12.8. The minimum absolute atomic E-state index is 0.0272. The molecule has 3 heteroatoms. The quantitative estimate of drug-likeness (QED) is 0.0492. The molecule has 0 spiro atoms. The molecule has 2 unspecified atom stereocenters. The molecule has 0 aliphatic carbocycles. The highest BCUT2D eigenvalue weighted by molar-refractivity contribution is 5.98. The summed E-state index contributed by atoms with van der Waals surface area (Å²) in [7, 11) is 0. The third-order valence-corrected chi connectivity index (χ3v) is 13.2. The summed E-state index contributed by atoms with van der Waals surface area (Å²) in [4.78, 5) is 24.6. The first-order chi connectivity index (χ1) is 27.9. The van der Waals surface area contributed by atoms with E-state index in [4.69, 9.17) is 0 Å². The molecule has 0 saturated heterocycles. The molecule has 57 heavy (non-hydrogen) atoms. The lowest BCUT2D eigenvalue weighted by molar-refractivity contribution is -0.146. The van der Waals surface area contributed by atoms with E-state index in [2.05, 4.69) is 27.7 Å². The van der Waals surface area contributed by atoms with Crippen LogP contribution in [0.25, 0.3) is 0 Å². The van der Waals surface area contributed by atoms with Gasteiger partial charge in [-0.3, -0.25) is 9.59 Å². The number of carboxylic acid groups (broad SMARTS) is 1. The Morgan fingerprint density at radius 2 is 0.579 bits per heavy atom. The lowest BCUT2D eigenvalue weighted by Crippen LogP contribution is -2.23. The van der Waals surface area contributed by atoms with Crippen molar-refractivity contribution in [3.8, 4) is 0 Å². The molecule has 0 aromatic heterocycles. The van der Waals surface area contributed by atoms with Gasteiger partial charge in [0.15, 0.2) is 0 Å². The van der Waals surface area contributed by atoms with Crippen molar-refractivity contribution in [1.82, 2.24) is 0 Å². The highest BCUT2D eigenvalue weighted by Crippen LogP contribution is 2.25. The van der Waals surface area contributed by atoms with Gasteiger partial charge in [-0.1, -0.05) is 297 Å². The second-order valence-electron chi connectivity index (χ2n) is 19.4. The number of carbonyl (C=O) groups excluding carboxylic acids is 1. The van der Waals surface area contributed by atoms with Gasteiger partial charge in [-0.2, -0.15) is 0 Å². The first kappa shape index (κ1) is 56.1. The van der Waals surface area contributed by atoms with Crippen LogP contribution >= 0.6 is 0 Å². The maximum Gasteiger partial charge on any atom is 0.314 e. The predicted octanol–water partition coefficient (Wildman–Crippen LogP) is 19.1. The highest BCUT2D eigenvalue weighted by Gasteiger charge is 2.24. The summed E-state index contributed by atoms with van der Waals surface area (Å²) >= 11 is 0. The van der Waals surface area contributed by atoms with Gasteiger partial charge in [-0.05, 0) is 24.7 Å². The third kappa shape index (κ3) is 43.1. The van der Waals surface area contributed by atoms with Crippen molar-refractivity contribution >= 4 is 11.8 Å². The smallest absolute Gasteiger partial charge is 0.314 e. The zero-order chi connectivity index (χ0) is 41.7. The molecule has 0 bridgehead atoms. The summed E-state index contributed by atoms with van der Waals surface area (Å²) in [6.45, 7) is 9.29. The third-order valence-electron chi connectivity index (χ3n) is 13.2. The molecule has 0 radical (unpaired) electrons. The Bertz CT molecular complexity index is 805. The fraction of sp³-hybridized carbons (Fsp3) is 0.963. The molecule has 3 nitrogen and oxygen atoms in total. The van der Waals surface area contributed by atoms with E-state index in [1.54, 1.807) is 0 Å². The Morgan fingerprint density at radius 1 is 0.333 bits per heavy atom. The Hall–Kier alpha value is -0.860.